The molecule has 1 aliphatic heterocycles. The molecule has 104 valence electrons. The van der Waals surface area contributed by atoms with Gasteiger partial charge in [0.1, 0.15) is 0 Å². The Bertz CT molecular complexity index is 374. The van der Waals surface area contributed by atoms with E-state index in [4.69, 9.17) is 0 Å². The van der Waals surface area contributed by atoms with E-state index in [2.05, 4.69) is 0 Å². The van der Waals surface area contributed by atoms with Crippen molar-refractivity contribution in [1.82, 2.24) is 0 Å². The first kappa shape index (κ1) is 15.0. The van der Waals surface area contributed by atoms with Gasteiger partial charge in [0, 0.05) is 19.3 Å². The Balaban J connectivity index is 3.62. The first-order chi connectivity index (χ1) is 8.08. The first-order valence-corrected chi connectivity index (χ1v) is 6.41. The van der Waals surface area contributed by atoms with Crippen molar-refractivity contribution >= 4 is 12.1 Å². The molecule has 5 nitrogen and oxygen atoms in total. The Hall–Kier alpha value is -1.10. The minimum absolute atomic E-state index is 0.258. The number of carbonyl (C=O) groups is 2. The van der Waals surface area contributed by atoms with Gasteiger partial charge in [-0.1, -0.05) is 6.92 Å². The lowest BCUT2D eigenvalue weighted by Gasteiger charge is -2.56. The van der Waals surface area contributed by atoms with Crippen LogP contribution in [0.25, 0.3) is 0 Å². The number of quaternary nitrogens is 1. The highest BCUT2D eigenvalue weighted by Crippen LogP contribution is 2.49. The van der Waals surface area contributed by atoms with Gasteiger partial charge in [0.05, 0.1) is 11.6 Å². The van der Waals surface area contributed by atoms with Gasteiger partial charge in [-0.05, 0) is 27.7 Å². The molecule has 0 radical (unpaired) electrons. The zero-order valence-corrected chi connectivity index (χ0v) is 11.8. The fraction of sp³-hybridized carbons (Fsp3) is 0.846. The van der Waals surface area contributed by atoms with Crippen LogP contribution in [0.15, 0.2) is 0 Å². The largest absolute Gasteiger partial charge is 0.498 e. The third-order valence-corrected chi connectivity index (χ3v) is 4.64. The Morgan fingerprint density at radius 3 is 2.17 bits per heavy atom. The monoisotopic (exact) mass is 257 g/mol. The molecule has 0 aromatic rings. The smallest absolute Gasteiger partial charge is 0.366 e. The average molecular weight is 257 g/mol. The number of nitrogens with zero attached hydrogens (tertiary/aromatic N) is 1. The molecule has 1 rings (SSSR count). The highest BCUT2D eigenvalue weighted by Gasteiger charge is 2.68. The molecule has 0 aromatic heterocycles. The number of carbonyl (C=O) groups excluding carboxylic acids is 1. The number of amides is 1. The molecule has 1 amide bonds. The molecule has 2 unspecified atom stereocenters. The summed E-state index contributed by atoms with van der Waals surface area (Å²) in [5, 5.41) is 21.5. The second-order valence-electron chi connectivity index (χ2n) is 6.24. The van der Waals surface area contributed by atoms with E-state index in [1.165, 1.54) is 0 Å². The van der Waals surface area contributed by atoms with Crippen molar-refractivity contribution in [3.05, 3.63) is 0 Å². The maximum absolute atomic E-state index is 11.9. The molecule has 0 saturated carbocycles. The summed E-state index contributed by atoms with van der Waals surface area (Å²) in [7, 11) is 0. The number of hydrogen-bond donors (Lipinski definition) is 1. The fourth-order valence-electron chi connectivity index (χ4n) is 4.01. The fourth-order valence-corrected chi connectivity index (χ4v) is 4.01. The molecule has 5 heteroatoms. The van der Waals surface area contributed by atoms with Gasteiger partial charge >= 0.3 is 5.97 Å². The van der Waals surface area contributed by atoms with E-state index in [0.29, 0.717) is 12.8 Å². The predicted molar refractivity (Wildman–Crippen MR) is 64.8 cm³/mol. The molecule has 0 spiro atoms. The molecule has 3 atom stereocenters. The van der Waals surface area contributed by atoms with Gasteiger partial charge < -0.3 is 15.0 Å². The summed E-state index contributed by atoms with van der Waals surface area (Å²) in [6, 6.07) is -0.258. The molecule has 18 heavy (non-hydrogen) atoms. The summed E-state index contributed by atoms with van der Waals surface area (Å²) in [5.74, 6) is -1.03. The highest BCUT2D eigenvalue weighted by molar-refractivity contribution is 5.80. The normalized spacial score (nSPS) is 36.6. The van der Waals surface area contributed by atoms with Crippen LogP contribution in [-0.2, 0) is 4.79 Å². The Morgan fingerprint density at radius 1 is 1.44 bits per heavy atom. The summed E-state index contributed by atoms with van der Waals surface area (Å²) >= 11 is 0. The van der Waals surface area contributed by atoms with Crippen molar-refractivity contribution in [1.29, 1.82) is 0 Å². The third kappa shape index (κ3) is 1.49. The van der Waals surface area contributed by atoms with Crippen molar-refractivity contribution in [2.45, 2.75) is 71.0 Å². The van der Waals surface area contributed by atoms with Crippen LogP contribution in [0.2, 0.25) is 0 Å². The number of carboxylic acid groups (broad SMARTS) is 2. The molecule has 1 fully saturated rings. The maximum atomic E-state index is 11.9. The third-order valence-electron chi connectivity index (χ3n) is 4.64. The van der Waals surface area contributed by atoms with Crippen molar-refractivity contribution in [3.63, 3.8) is 0 Å². The van der Waals surface area contributed by atoms with Gasteiger partial charge in [-0.15, -0.1) is 0 Å². The zero-order chi connectivity index (χ0) is 14.4. The van der Waals surface area contributed by atoms with Crippen LogP contribution in [0.4, 0.5) is 4.79 Å². The van der Waals surface area contributed by atoms with E-state index < -0.39 is 27.6 Å². The number of likely N-dealkylation sites (tertiary alicyclic amines) is 1. The molecule has 1 N–H and O–H groups in total. The number of carboxylic acids is 1. The molecular formula is C13H23NO4. The van der Waals surface area contributed by atoms with Crippen LogP contribution < -0.4 is 5.11 Å². The van der Waals surface area contributed by atoms with E-state index in [9.17, 15) is 19.8 Å². The van der Waals surface area contributed by atoms with Crippen LogP contribution >= 0.6 is 0 Å². The second kappa shape index (κ2) is 4.23. The van der Waals surface area contributed by atoms with E-state index in [-0.39, 0.29) is 12.5 Å². The standard InChI is InChI=1S/C13H23NO4/c1-6-13(10(15)16)8-7-9(2)14(13,11(17)18)12(3,4)5/h9H,6-8H2,1-5H3,(H-,15,16,17,18)/t9?,13-,14?/m0/s1. The van der Waals surface area contributed by atoms with E-state index in [1.807, 2.05) is 0 Å². The van der Waals surface area contributed by atoms with E-state index >= 15 is 0 Å². The Morgan fingerprint density at radius 2 is 1.94 bits per heavy atom. The molecule has 1 aliphatic rings. The summed E-state index contributed by atoms with van der Waals surface area (Å²) in [5.41, 5.74) is -2.00. The van der Waals surface area contributed by atoms with Crippen LogP contribution in [0.1, 0.15) is 53.9 Å². The summed E-state index contributed by atoms with van der Waals surface area (Å²) < 4.78 is -0.494. The molecular weight excluding hydrogens is 234 g/mol. The number of rotatable bonds is 2. The van der Waals surface area contributed by atoms with Crippen LogP contribution in [0, 0.1) is 0 Å². The van der Waals surface area contributed by atoms with Gasteiger partial charge in [-0.25, -0.2) is 4.79 Å². The minimum Gasteiger partial charge on any atom is -0.498 e. The lowest BCUT2D eigenvalue weighted by atomic mass is 9.85. The lowest BCUT2D eigenvalue weighted by molar-refractivity contribution is -0.963. The van der Waals surface area contributed by atoms with Crippen LogP contribution in [0.5, 0.6) is 0 Å². The molecule has 1 saturated heterocycles. The van der Waals surface area contributed by atoms with E-state index in [1.54, 1.807) is 34.6 Å². The van der Waals surface area contributed by atoms with Crippen LogP contribution in [-0.4, -0.2) is 38.8 Å². The van der Waals surface area contributed by atoms with Crippen LogP contribution in [0.3, 0.4) is 0 Å². The van der Waals surface area contributed by atoms with Crippen molar-refractivity contribution in [3.8, 4) is 0 Å². The topological polar surface area (TPSA) is 77.4 Å². The van der Waals surface area contributed by atoms with Gasteiger partial charge in [-0.2, -0.15) is 0 Å². The Kier molecular flexibility index (Phi) is 3.51. The maximum Gasteiger partial charge on any atom is 0.366 e. The molecule has 0 aromatic carbocycles. The number of aliphatic carboxylic acids is 1. The summed E-state index contributed by atoms with van der Waals surface area (Å²) in [6.45, 7) is 8.88. The Labute approximate surface area is 108 Å². The summed E-state index contributed by atoms with van der Waals surface area (Å²) in [4.78, 5) is 23.6. The lowest BCUT2D eigenvalue weighted by Crippen LogP contribution is -2.79. The second-order valence-corrected chi connectivity index (χ2v) is 6.24. The average Bonchev–Trinajstić information content (AvgIpc) is 2.52. The molecule has 0 aliphatic carbocycles. The molecule has 0 bridgehead atoms. The van der Waals surface area contributed by atoms with Gasteiger partial charge in [0.15, 0.2) is 0 Å². The minimum atomic E-state index is -1.28. The molecule has 1 heterocycles. The van der Waals surface area contributed by atoms with Crippen molar-refractivity contribution < 1.29 is 24.3 Å². The van der Waals surface area contributed by atoms with E-state index in [0.717, 1.165) is 0 Å². The highest BCUT2D eigenvalue weighted by atomic mass is 16.4. The summed E-state index contributed by atoms with van der Waals surface area (Å²) in [6.07, 6.45) is -0.0223. The number of hydrogen-bond acceptors (Lipinski definition) is 3. The zero-order valence-electron chi connectivity index (χ0n) is 11.8. The van der Waals surface area contributed by atoms with Gasteiger partial charge in [0.25, 0.3) is 6.09 Å². The van der Waals surface area contributed by atoms with Crippen molar-refractivity contribution in [2.24, 2.45) is 0 Å². The SMILES string of the molecule is CC[C@@]1(C(=O)O)CCC(C)[N+]1(C(=O)[O-])C(C)(C)C. The predicted octanol–water partition coefficient (Wildman–Crippen LogP) is 1.36. The first-order valence-electron chi connectivity index (χ1n) is 6.41. The van der Waals surface area contributed by atoms with Gasteiger partial charge in [-0.3, -0.25) is 4.48 Å². The van der Waals surface area contributed by atoms with Gasteiger partial charge in [0.2, 0.25) is 5.54 Å². The quantitative estimate of drug-likeness (QED) is 0.758. The van der Waals surface area contributed by atoms with Crippen molar-refractivity contribution in [2.75, 3.05) is 0 Å².